The molecule has 0 fully saturated rings. The second-order valence-electron chi connectivity index (χ2n) is 3.74. The zero-order valence-corrected chi connectivity index (χ0v) is 10.1. The summed E-state index contributed by atoms with van der Waals surface area (Å²) in [6.45, 7) is -0.533. The van der Waals surface area contributed by atoms with Crippen LogP contribution in [0.4, 0.5) is 13.2 Å². The lowest BCUT2D eigenvalue weighted by Gasteiger charge is -2.24. The molecule has 1 atom stereocenters. The van der Waals surface area contributed by atoms with Crippen LogP contribution in [0, 0.1) is 0 Å². The van der Waals surface area contributed by atoms with Gasteiger partial charge in [-0.05, 0) is 6.92 Å². The summed E-state index contributed by atoms with van der Waals surface area (Å²) in [7, 11) is 0. The maximum absolute atomic E-state index is 12.2. The van der Waals surface area contributed by atoms with Crippen molar-refractivity contribution in [3.8, 4) is 0 Å². The second kappa shape index (κ2) is 8.28. The summed E-state index contributed by atoms with van der Waals surface area (Å²) in [5, 5.41) is 18.1. The van der Waals surface area contributed by atoms with E-state index in [0.717, 1.165) is 4.90 Å². The Labute approximate surface area is 103 Å². The molecule has 18 heavy (non-hydrogen) atoms. The van der Waals surface area contributed by atoms with Crippen LogP contribution in [0.2, 0.25) is 0 Å². The zero-order chi connectivity index (χ0) is 14.2. The van der Waals surface area contributed by atoms with Gasteiger partial charge in [-0.3, -0.25) is 9.69 Å². The van der Waals surface area contributed by atoms with Crippen LogP contribution in [0.3, 0.4) is 0 Å². The van der Waals surface area contributed by atoms with Crippen LogP contribution in [0.15, 0.2) is 0 Å². The van der Waals surface area contributed by atoms with Crippen molar-refractivity contribution in [2.24, 2.45) is 0 Å². The third-order valence-corrected chi connectivity index (χ3v) is 2.00. The van der Waals surface area contributed by atoms with Gasteiger partial charge < -0.3 is 14.9 Å². The van der Waals surface area contributed by atoms with Crippen LogP contribution in [0.1, 0.15) is 13.3 Å². The molecule has 0 aromatic carbocycles. The number of carbonyl (C=O) groups is 1. The molecule has 0 spiro atoms. The van der Waals surface area contributed by atoms with Crippen molar-refractivity contribution >= 4 is 5.97 Å². The van der Waals surface area contributed by atoms with E-state index >= 15 is 0 Å². The number of rotatable bonds is 8. The molecular formula is C10H18F3NO4. The summed E-state index contributed by atoms with van der Waals surface area (Å²) in [5.41, 5.74) is 0. The van der Waals surface area contributed by atoms with E-state index in [1.807, 2.05) is 0 Å². The van der Waals surface area contributed by atoms with E-state index < -0.39 is 31.4 Å². The molecule has 0 radical (unpaired) electrons. The molecule has 0 aromatic rings. The topological polar surface area (TPSA) is 70.0 Å². The largest absolute Gasteiger partial charge is 0.466 e. The minimum Gasteiger partial charge on any atom is -0.466 e. The summed E-state index contributed by atoms with van der Waals surface area (Å²) >= 11 is 0. The molecule has 0 aliphatic heterocycles. The van der Waals surface area contributed by atoms with Crippen molar-refractivity contribution in [2.75, 3.05) is 32.8 Å². The fraction of sp³-hybridized carbons (Fsp3) is 0.900. The van der Waals surface area contributed by atoms with Crippen LogP contribution >= 0.6 is 0 Å². The highest BCUT2D eigenvalue weighted by atomic mass is 19.4. The summed E-state index contributed by atoms with van der Waals surface area (Å²) < 4.78 is 41.1. The number of alkyl halides is 3. The quantitative estimate of drug-likeness (QED) is 0.616. The molecule has 5 nitrogen and oxygen atoms in total. The molecule has 8 heteroatoms. The number of hydrogen-bond acceptors (Lipinski definition) is 5. The standard InChI is InChI=1S/C10H18F3NO4/c1-2-18-9(17)5-8(16)6-14(3-4-15)7-10(11,12)13/h8,15-16H,2-7H2,1H3. The summed E-state index contributed by atoms with van der Waals surface area (Å²) in [6.07, 6.45) is -6.04. The molecule has 0 rings (SSSR count). The molecule has 0 aliphatic carbocycles. The van der Waals surface area contributed by atoms with Gasteiger partial charge in [0, 0.05) is 13.1 Å². The van der Waals surface area contributed by atoms with Gasteiger partial charge in [0.05, 0.1) is 32.3 Å². The van der Waals surface area contributed by atoms with Crippen molar-refractivity contribution in [3.63, 3.8) is 0 Å². The molecule has 0 heterocycles. The van der Waals surface area contributed by atoms with Gasteiger partial charge in [0.2, 0.25) is 0 Å². The fourth-order valence-corrected chi connectivity index (χ4v) is 1.40. The number of aliphatic hydroxyl groups is 2. The maximum Gasteiger partial charge on any atom is 0.401 e. The van der Waals surface area contributed by atoms with E-state index in [-0.39, 0.29) is 26.1 Å². The van der Waals surface area contributed by atoms with E-state index in [0.29, 0.717) is 0 Å². The minimum atomic E-state index is -4.42. The molecule has 0 saturated carbocycles. The third-order valence-electron chi connectivity index (χ3n) is 2.00. The first-order valence-electron chi connectivity index (χ1n) is 5.52. The molecule has 0 aromatic heterocycles. The van der Waals surface area contributed by atoms with Gasteiger partial charge in [0.1, 0.15) is 0 Å². The predicted octanol–water partition coefficient (Wildman–Crippen LogP) is 0.157. The van der Waals surface area contributed by atoms with Gasteiger partial charge in [-0.1, -0.05) is 0 Å². The molecule has 0 bridgehead atoms. The van der Waals surface area contributed by atoms with Crippen LogP contribution in [0.25, 0.3) is 0 Å². The SMILES string of the molecule is CCOC(=O)CC(O)CN(CCO)CC(F)(F)F. The number of ether oxygens (including phenoxy) is 1. The van der Waals surface area contributed by atoms with Gasteiger partial charge in [0.25, 0.3) is 0 Å². The molecule has 0 aliphatic rings. The average Bonchev–Trinajstić information content (AvgIpc) is 2.14. The molecule has 2 N–H and O–H groups in total. The van der Waals surface area contributed by atoms with E-state index in [1.54, 1.807) is 6.92 Å². The lowest BCUT2D eigenvalue weighted by Crippen LogP contribution is -2.41. The highest BCUT2D eigenvalue weighted by Crippen LogP contribution is 2.16. The van der Waals surface area contributed by atoms with Crippen LogP contribution in [-0.4, -0.2) is 66.2 Å². The smallest absolute Gasteiger partial charge is 0.401 e. The first-order valence-corrected chi connectivity index (χ1v) is 5.52. The summed E-state index contributed by atoms with van der Waals surface area (Å²) in [5.74, 6) is -0.666. The first-order chi connectivity index (χ1) is 8.28. The van der Waals surface area contributed by atoms with Gasteiger partial charge in [-0.2, -0.15) is 13.2 Å². The van der Waals surface area contributed by atoms with Crippen molar-refractivity contribution in [2.45, 2.75) is 25.6 Å². The van der Waals surface area contributed by atoms with E-state index in [2.05, 4.69) is 4.74 Å². The number of aliphatic hydroxyl groups excluding tert-OH is 2. The highest BCUT2D eigenvalue weighted by molar-refractivity contribution is 5.69. The second-order valence-corrected chi connectivity index (χ2v) is 3.74. The minimum absolute atomic E-state index is 0.147. The Morgan fingerprint density at radius 3 is 2.50 bits per heavy atom. The van der Waals surface area contributed by atoms with Gasteiger partial charge in [-0.15, -0.1) is 0 Å². The summed E-state index contributed by atoms with van der Waals surface area (Å²) in [4.78, 5) is 11.8. The average molecular weight is 273 g/mol. The molecule has 108 valence electrons. The summed E-state index contributed by atoms with van der Waals surface area (Å²) in [6, 6.07) is 0. The highest BCUT2D eigenvalue weighted by Gasteiger charge is 2.31. The van der Waals surface area contributed by atoms with Crippen molar-refractivity contribution in [1.29, 1.82) is 0 Å². The van der Waals surface area contributed by atoms with Crippen molar-refractivity contribution in [3.05, 3.63) is 0 Å². The van der Waals surface area contributed by atoms with E-state index in [4.69, 9.17) is 5.11 Å². The number of nitrogens with zero attached hydrogens (tertiary/aromatic N) is 1. The number of carbonyl (C=O) groups excluding carboxylic acids is 1. The van der Waals surface area contributed by atoms with Crippen LogP contribution < -0.4 is 0 Å². The Morgan fingerprint density at radius 2 is 2.06 bits per heavy atom. The molecule has 0 amide bonds. The Hall–Kier alpha value is -0.860. The van der Waals surface area contributed by atoms with Crippen LogP contribution in [-0.2, 0) is 9.53 Å². The fourth-order valence-electron chi connectivity index (χ4n) is 1.40. The maximum atomic E-state index is 12.2. The molecular weight excluding hydrogens is 255 g/mol. The molecule has 0 saturated heterocycles. The number of esters is 1. The van der Waals surface area contributed by atoms with Gasteiger partial charge >= 0.3 is 12.1 Å². The Balaban J connectivity index is 4.18. The number of hydrogen-bond donors (Lipinski definition) is 2. The molecule has 1 unspecified atom stereocenters. The van der Waals surface area contributed by atoms with Crippen molar-refractivity contribution in [1.82, 2.24) is 4.90 Å². The Kier molecular flexibility index (Phi) is 7.88. The lowest BCUT2D eigenvalue weighted by molar-refractivity contribution is -0.151. The third kappa shape index (κ3) is 9.20. The lowest BCUT2D eigenvalue weighted by atomic mass is 10.2. The predicted molar refractivity (Wildman–Crippen MR) is 56.8 cm³/mol. The van der Waals surface area contributed by atoms with Gasteiger partial charge in [0.15, 0.2) is 0 Å². The zero-order valence-electron chi connectivity index (χ0n) is 10.1. The van der Waals surface area contributed by atoms with Crippen molar-refractivity contribution < 1.29 is 32.9 Å². The first kappa shape index (κ1) is 17.1. The van der Waals surface area contributed by atoms with Crippen LogP contribution in [0.5, 0.6) is 0 Å². The monoisotopic (exact) mass is 273 g/mol. The Bertz CT molecular complexity index is 248. The Morgan fingerprint density at radius 1 is 1.44 bits per heavy atom. The van der Waals surface area contributed by atoms with Gasteiger partial charge in [-0.25, -0.2) is 0 Å². The van der Waals surface area contributed by atoms with E-state index in [1.165, 1.54) is 0 Å². The normalized spacial score (nSPS) is 13.7. The number of halogens is 3. The van der Waals surface area contributed by atoms with E-state index in [9.17, 15) is 23.1 Å².